The minimum Gasteiger partial charge on any atom is -0.394 e. The predicted octanol–water partition coefficient (Wildman–Crippen LogP) is 24.0. The van der Waals surface area contributed by atoms with Crippen molar-refractivity contribution in [3.05, 3.63) is 12.2 Å². The molecule has 2 atom stereocenters. The minimum absolute atomic E-state index is 0.0204. The van der Waals surface area contributed by atoms with Crippen molar-refractivity contribution in [2.75, 3.05) is 6.61 Å². The SMILES string of the molecule is CCCCCCCCCC/C=C\CCCCCCCCCCCCCCCCCCCCCCCCCCCCCCCC(=O)NC(CO)C(O)CCCCCCCCCCCCCCCCCCCCCCCC. The lowest BCUT2D eigenvalue weighted by molar-refractivity contribution is -0.123. The third-order valence-electron chi connectivity index (χ3n) is 17.0. The Labute approximate surface area is 473 Å². The Morgan fingerprint density at radius 3 is 0.733 bits per heavy atom. The Balaban J connectivity index is 3.33. The van der Waals surface area contributed by atoms with Crippen molar-refractivity contribution in [1.82, 2.24) is 5.32 Å². The molecule has 75 heavy (non-hydrogen) atoms. The molecule has 0 fully saturated rings. The second-order valence-electron chi connectivity index (χ2n) is 24.7. The molecule has 448 valence electrons. The Morgan fingerprint density at radius 2 is 0.507 bits per heavy atom. The number of amides is 1. The zero-order valence-corrected chi connectivity index (χ0v) is 51.9. The maximum absolute atomic E-state index is 12.6. The van der Waals surface area contributed by atoms with Gasteiger partial charge in [-0.25, -0.2) is 0 Å². The largest absolute Gasteiger partial charge is 0.394 e. The molecule has 0 rings (SSSR count). The van der Waals surface area contributed by atoms with Crippen LogP contribution in [0.3, 0.4) is 0 Å². The van der Waals surface area contributed by atoms with Gasteiger partial charge in [-0.2, -0.15) is 0 Å². The van der Waals surface area contributed by atoms with Crippen molar-refractivity contribution in [2.24, 2.45) is 0 Å². The van der Waals surface area contributed by atoms with Crippen molar-refractivity contribution in [3.8, 4) is 0 Å². The van der Waals surface area contributed by atoms with Crippen LogP contribution in [0.5, 0.6) is 0 Å². The van der Waals surface area contributed by atoms with Gasteiger partial charge in [-0.05, 0) is 38.5 Å². The fourth-order valence-electron chi connectivity index (χ4n) is 11.7. The Kier molecular flexibility index (Phi) is 66.6. The lowest BCUT2D eigenvalue weighted by Gasteiger charge is -2.22. The van der Waals surface area contributed by atoms with E-state index in [1.807, 2.05) is 0 Å². The quantitative estimate of drug-likeness (QED) is 0.0420. The van der Waals surface area contributed by atoms with Crippen LogP contribution in [0.4, 0.5) is 0 Å². The first-order valence-electron chi connectivity index (χ1n) is 35.4. The molecular weight excluding hydrogens is 915 g/mol. The fraction of sp³-hybridized carbons (Fsp3) is 0.958. The van der Waals surface area contributed by atoms with E-state index in [1.165, 1.54) is 366 Å². The standard InChI is InChI=1S/C71H141NO3/c1-3-5-7-9-11-13-15-17-19-21-23-25-27-28-29-30-31-32-33-34-35-36-37-38-39-40-41-42-43-44-45-47-49-51-53-55-57-59-61-63-65-67-71(75)72-69(68-73)70(74)66-64-62-60-58-56-54-52-50-48-46-26-24-22-20-18-16-14-12-10-8-6-4-2/h21,23,69-70,73-74H,3-20,22,24-68H2,1-2H3,(H,72,75)/b23-21-. The molecule has 0 aliphatic rings. The highest BCUT2D eigenvalue weighted by Gasteiger charge is 2.20. The van der Waals surface area contributed by atoms with Crippen LogP contribution in [0.25, 0.3) is 0 Å². The summed E-state index contributed by atoms with van der Waals surface area (Å²) in [5.74, 6) is -0.0204. The molecule has 4 nitrogen and oxygen atoms in total. The van der Waals surface area contributed by atoms with Gasteiger partial charge >= 0.3 is 0 Å². The van der Waals surface area contributed by atoms with Gasteiger partial charge in [0.15, 0.2) is 0 Å². The Morgan fingerprint density at radius 1 is 0.307 bits per heavy atom. The summed E-state index contributed by atoms with van der Waals surface area (Å²) in [6.45, 7) is 4.41. The number of nitrogens with one attached hydrogen (secondary N) is 1. The molecular formula is C71H141NO3. The van der Waals surface area contributed by atoms with Gasteiger partial charge in [0, 0.05) is 6.42 Å². The van der Waals surface area contributed by atoms with Crippen LogP contribution < -0.4 is 5.32 Å². The van der Waals surface area contributed by atoms with Crippen LogP contribution in [-0.4, -0.2) is 34.9 Å². The third kappa shape index (κ3) is 63.8. The van der Waals surface area contributed by atoms with E-state index < -0.39 is 12.1 Å². The summed E-state index contributed by atoms with van der Waals surface area (Å²) < 4.78 is 0. The van der Waals surface area contributed by atoms with Crippen molar-refractivity contribution >= 4 is 5.91 Å². The van der Waals surface area contributed by atoms with Crippen LogP contribution in [0.2, 0.25) is 0 Å². The predicted molar refractivity (Wildman–Crippen MR) is 336 cm³/mol. The third-order valence-corrected chi connectivity index (χ3v) is 17.0. The summed E-state index contributed by atoms with van der Waals surface area (Å²) in [5, 5.41) is 23.4. The zero-order valence-electron chi connectivity index (χ0n) is 51.9. The highest BCUT2D eigenvalue weighted by molar-refractivity contribution is 5.76. The van der Waals surface area contributed by atoms with Gasteiger partial charge < -0.3 is 15.5 Å². The maximum atomic E-state index is 12.6. The van der Waals surface area contributed by atoms with E-state index in [4.69, 9.17) is 0 Å². The molecule has 0 radical (unpaired) electrons. The molecule has 0 saturated carbocycles. The summed E-state index contributed by atoms with van der Waals surface area (Å²) in [6, 6.07) is -0.533. The number of aliphatic hydroxyl groups is 2. The highest BCUT2D eigenvalue weighted by Crippen LogP contribution is 2.20. The smallest absolute Gasteiger partial charge is 0.220 e. The van der Waals surface area contributed by atoms with Crippen LogP contribution in [0, 0.1) is 0 Å². The number of allylic oxidation sites excluding steroid dienone is 2. The molecule has 0 bridgehead atoms. The molecule has 0 aliphatic carbocycles. The van der Waals surface area contributed by atoms with E-state index in [2.05, 4.69) is 31.3 Å². The van der Waals surface area contributed by atoms with Gasteiger partial charge in [-0.1, -0.05) is 386 Å². The molecule has 0 aromatic rings. The van der Waals surface area contributed by atoms with Gasteiger partial charge in [-0.3, -0.25) is 4.79 Å². The molecule has 4 heteroatoms. The number of hydrogen-bond acceptors (Lipinski definition) is 3. The number of rotatable bonds is 67. The topological polar surface area (TPSA) is 69.6 Å². The molecule has 0 aromatic heterocycles. The summed E-state index contributed by atoms with van der Waals surface area (Å²) in [4.78, 5) is 12.6. The average molecular weight is 1060 g/mol. The van der Waals surface area contributed by atoms with Crippen molar-refractivity contribution < 1.29 is 15.0 Å². The zero-order chi connectivity index (χ0) is 54.1. The summed E-state index contributed by atoms with van der Waals surface area (Å²) in [6.07, 6.45) is 90.0. The van der Waals surface area contributed by atoms with Gasteiger partial charge in [0.1, 0.15) is 0 Å². The van der Waals surface area contributed by atoms with E-state index in [-0.39, 0.29) is 12.5 Å². The summed E-state index contributed by atoms with van der Waals surface area (Å²) in [7, 11) is 0. The normalized spacial score (nSPS) is 12.6. The average Bonchev–Trinajstić information content (AvgIpc) is 3.41. The molecule has 0 spiro atoms. The van der Waals surface area contributed by atoms with Crippen LogP contribution in [0.1, 0.15) is 418 Å². The highest BCUT2D eigenvalue weighted by atomic mass is 16.3. The molecule has 3 N–H and O–H groups in total. The van der Waals surface area contributed by atoms with Crippen molar-refractivity contribution in [2.45, 2.75) is 431 Å². The molecule has 0 aromatic carbocycles. The van der Waals surface area contributed by atoms with E-state index in [0.717, 1.165) is 25.7 Å². The van der Waals surface area contributed by atoms with E-state index in [1.54, 1.807) is 0 Å². The second-order valence-corrected chi connectivity index (χ2v) is 24.7. The molecule has 1 amide bonds. The van der Waals surface area contributed by atoms with Crippen LogP contribution >= 0.6 is 0 Å². The molecule has 0 aliphatic heterocycles. The monoisotopic (exact) mass is 1060 g/mol. The number of aliphatic hydroxyl groups excluding tert-OH is 2. The van der Waals surface area contributed by atoms with Gasteiger partial charge in [0.05, 0.1) is 18.8 Å². The number of hydrogen-bond donors (Lipinski definition) is 3. The first-order chi connectivity index (χ1) is 37.2. The van der Waals surface area contributed by atoms with Gasteiger partial charge in [-0.15, -0.1) is 0 Å². The summed E-state index contributed by atoms with van der Waals surface area (Å²) in [5.41, 5.74) is 0. The first kappa shape index (κ1) is 74.1. The van der Waals surface area contributed by atoms with Crippen molar-refractivity contribution in [1.29, 1.82) is 0 Å². The van der Waals surface area contributed by atoms with Crippen LogP contribution in [0.15, 0.2) is 12.2 Å². The molecule has 2 unspecified atom stereocenters. The lowest BCUT2D eigenvalue weighted by Crippen LogP contribution is -2.45. The summed E-state index contributed by atoms with van der Waals surface area (Å²) >= 11 is 0. The van der Waals surface area contributed by atoms with E-state index in [0.29, 0.717) is 12.8 Å². The van der Waals surface area contributed by atoms with Crippen molar-refractivity contribution in [3.63, 3.8) is 0 Å². The minimum atomic E-state index is -0.657. The number of carbonyl (C=O) groups excluding carboxylic acids is 1. The number of carbonyl (C=O) groups is 1. The number of unbranched alkanes of at least 4 members (excludes halogenated alkanes) is 58. The first-order valence-corrected chi connectivity index (χ1v) is 35.4. The Hall–Kier alpha value is -0.870. The second kappa shape index (κ2) is 67.4. The molecule has 0 heterocycles. The fourth-order valence-corrected chi connectivity index (χ4v) is 11.7. The Bertz CT molecular complexity index is 1060. The van der Waals surface area contributed by atoms with Crippen LogP contribution in [-0.2, 0) is 4.79 Å². The van der Waals surface area contributed by atoms with E-state index in [9.17, 15) is 15.0 Å². The lowest BCUT2D eigenvalue weighted by atomic mass is 10.0. The molecule has 0 saturated heterocycles. The van der Waals surface area contributed by atoms with E-state index >= 15 is 0 Å². The van der Waals surface area contributed by atoms with Gasteiger partial charge in [0.2, 0.25) is 5.91 Å². The van der Waals surface area contributed by atoms with Gasteiger partial charge in [0.25, 0.3) is 0 Å². The maximum Gasteiger partial charge on any atom is 0.220 e.